The minimum absolute atomic E-state index is 0.391. The highest BCUT2D eigenvalue weighted by Gasteiger charge is 2.00. The van der Waals surface area contributed by atoms with E-state index in [1.165, 1.54) is 24.2 Å². The van der Waals surface area contributed by atoms with Crippen LogP contribution < -0.4 is 0 Å². The van der Waals surface area contributed by atoms with Gasteiger partial charge in [0.2, 0.25) is 0 Å². The quantitative estimate of drug-likeness (QED) is 0.419. The molecule has 0 fully saturated rings. The van der Waals surface area contributed by atoms with E-state index in [1.807, 2.05) is 23.9 Å². The number of hydrogen-bond acceptors (Lipinski definition) is 2. The zero-order chi connectivity index (χ0) is 11.1. The van der Waals surface area contributed by atoms with Gasteiger partial charge in [-0.3, -0.25) is 4.79 Å². The lowest BCUT2D eigenvalue weighted by Gasteiger charge is -2.01. The molecule has 0 aliphatic rings. The van der Waals surface area contributed by atoms with Gasteiger partial charge in [0.25, 0.3) is 5.24 Å². The molecule has 0 saturated carbocycles. The van der Waals surface area contributed by atoms with Gasteiger partial charge in [-0.1, -0.05) is 19.8 Å². The summed E-state index contributed by atoms with van der Waals surface area (Å²) in [5.41, 5.74) is 0.564. The molecule has 0 bridgehead atoms. The molecule has 0 radical (unpaired) electrons. The van der Waals surface area contributed by atoms with Crippen molar-refractivity contribution in [1.29, 1.82) is 0 Å². The zero-order valence-corrected chi connectivity index (χ0v) is 10.4. The predicted octanol–water partition coefficient (Wildman–Crippen LogP) is 4.35. The Labute approximate surface area is 100 Å². The fraction of sp³-hybridized carbons (Fsp3) is 0.417. The average molecular weight is 243 g/mol. The normalized spacial score (nSPS) is 10.3. The van der Waals surface area contributed by atoms with Crippen LogP contribution in [-0.2, 0) is 0 Å². The van der Waals surface area contributed by atoms with Crippen LogP contribution in [-0.4, -0.2) is 11.0 Å². The second-order valence-electron chi connectivity index (χ2n) is 3.35. The number of rotatable bonds is 6. The summed E-state index contributed by atoms with van der Waals surface area (Å²) in [5, 5.41) is -0.391. The number of carbonyl (C=O) groups is 1. The molecule has 0 N–H and O–H groups in total. The standard InChI is InChI=1S/C12H15ClOS/c1-2-3-4-9-15-11-7-5-10(6-8-11)12(13)14/h5-8H,2-4,9H2,1H3. The average Bonchev–Trinajstić information content (AvgIpc) is 2.25. The summed E-state index contributed by atoms with van der Waals surface area (Å²) in [6.07, 6.45) is 3.78. The Morgan fingerprint density at radius 1 is 1.27 bits per heavy atom. The molecule has 3 heteroatoms. The van der Waals surface area contributed by atoms with Crippen LogP contribution in [0.25, 0.3) is 0 Å². The van der Waals surface area contributed by atoms with Crippen molar-refractivity contribution in [2.75, 3.05) is 5.75 Å². The topological polar surface area (TPSA) is 17.1 Å². The smallest absolute Gasteiger partial charge is 0.252 e. The molecule has 1 rings (SSSR count). The largest absolute Gasteiger partial charge is 0.276 e. The summed E-state index contributed by atoms with van der Waals surface area (Å²) in [5.74, 6) is 1.14. The van der Waals surface area contributed by atoms with E-state index in [0.717, 1.165) is 5.75 Å². The SMILES string of the molecule is CCCCCSc1ccc(C(=O)Cl)cc1. The first-order chi connectivity index (χ1) is 7.24. The lowest BCUT2D eigenvalue weighted by Crippen LogP contribution is -1.87. The van der Waals surface area contributed by atoms with Gasteiger partial charge in [-0.15, -0.1) is 11.8 Å². The summed E-state index contributed by atoms with van der Waals surface area (Å²) in [7, 11) is 0. The summed E-state index contributed by atoms with van der Waals surface area (Å²) < 4.78 is 0. The van der Waals surface area contributed by atoms with E-state index in [2.05, 4.69) is 6.92 Å². The first-order valence-electron chi connectivity index (χ1n) is 5.16. The first kappa shape index (κ1) is 12.6. The Balaban J connectivity index is 2.39. The van der Waals surface area contributed by atoms with Gasteiger partial charge in [0.05, 0.1) is 0 Å². The molecule has 1 nitrogen and oxygen atoms in total. The summed E-state index contributed by atoms with van der Waals surface area (Å²) >= 11 is 7.18. The third-order valence-corrected chi connectivity index (χ3v) is 3.41. The number of carbonyl (C=O) groups excluding carboxylic acids is 1. The van der Waals surface area contributed by atoms with E-state index in [4.69, 9.17) is 11.6 Å². The maximum absolute atomic E-state index is 10.8. The van der Waals surface area contributed by atoms with Crippen LogP contribution in [0.2, 0.25) is 0 Å². The molecule has 0 spiro atoms. The molecule has 0 unspecified atom stereocenters. The van der Waals surface area contributed by atoms with E-state index in [0.29, 0.717) is 5.56 Å². The number of unbranched alkanes of at least 4 members (excludes halogenated alkanes) is 2. The van der Waals surface area contributed by atoms with Crippen molar-refractivity contribution < 1.29 is 4.79 Å². The minimum Gasteiger partial charge on any atom is -0.276 e. The highest BCUT2D eigenvalue weighted by Crippen LogP contribution is 2.20. The van der Waals surface area contributed by atoms with Crippen LogP contribution in [0.3, 0.4) is 0 Å². The maximum atomic E-state index is 10.8. The van der Waals surface area contributed by atoms with Crippen LogP contribution >= 0.6 is 23.4 Å². The Morgan fingerprint density at radius 2 is 1.93 bits per heavy atom. The molecule has 0 aromatic heterocycles. The Morgan fingerprint density at radius 3 is 2.47 bits per heavy atom. The van der Waals surface area contributed by atoms with Crippen LogP contribution in [0.1, 0.15) is 36.5 Å². The second-order valence-corrected chi connectivity index (χ2v) is 4.87. The molecule has 0 aliphatic carbocycles. The molecule has 0 saturated heterocycles. The van der Waals surface area contributed by atoms with Gasteiger partial charge in [-0.05, 0) is 48.0 Å². The Bertz CT molecular complexity index is 308. The third kappa shape index (κ3) is 4.72. The molecule has 1 aromatic rings. The molecule has 0 aliphatic heterocycles. The monoisotopic (exact) mass is 242 g/mol. The lowest BCUT2D eigenvalue weighted by molar-refractivity contribution is 0.108. The highest BCUT2D eigenvalue weighted by atomic mass is 35.5. The third-order valence-electron chi connectivity index (χ3n) is 2.10. The van der Waals surface area contributed by atoms with Crippen LogP contribution in [0.4, 0.5) is 0 Å². The number of hydrogen-bond donors (Lipinski definition) is 0. The van der Waals surface area contributed by atoms with Crippen LogP contribution in [0.5, 0.6) is 0 Å². The molecule has 0 amide bonds. The Kier molecular flexibility index (Phi) is 5.81. The zero-order valence-electron chi connectivity index (χ0n) is 8.83. The van der Waals surface area contributed by atoms with Gasteiger partial charge < -0.3 is 0 Å². The van der Waals surface area contributed by atoms with E-state index < -0.39 is 5.24 Å². The molecule has 0 atom stereocenters. The van der Waals surface area contributed by atoms with Gasteiger partial charge >= 0.3 is 0 Å². The van der Waals surface area contributed by atoms with Crippen molar-refractivity contribution >= 4 is 28.6 Å². The summed E-state index contributed by atoms with van der Waals surface area (Å²) in [6.45, 7) is 2.20. The summed E-state index contributed by atoms with van der Waals surface area (Å²) in [6, 6.07) is 7.45. The molecule has 1 aromatic carbocycles. The highest BCUT2D eigenvalue weighted by molar-refractivity contribution is 7.99. The van der Waals surface area contributed by atoms with Gasteiger partial charge in [0, 0.05) is 10.5 Å². The molecule has 15 heavy (non-hydrogen) atoms. The second kappa shape index (κ2) is 6.91. The van der Waals surface area contributed by atoms with Crippen molar-refractivity contribution in [3.05, 3.63) is 29.8 Å². The van der Waals surface area contributed by atoms with Crippen LogP contribution in [0.15, 0.2) is 29.2 Å². The fourth-order valence-corrected chi connectivity index (χ4v) is 2.26. The van der Waals surface area contributed by atoms with Gasteiger partial charge in [-0.2, -0.15) is 0 Å². The molecule has 0 heterocycles. The predicted molar refractivity (Wildman–Crippen MR) is 66.9 cm³/mol. The van der Waals surface area contributed by atoms with Crippen LogP contribution in [0, 0.1) is 0 Å². The van der Waals surface area contributed by atoms with Crippen molar-refractivity contribution in [1.82, 2.24) is 0 Å². The number of benzene rings is 1. The summed E-state index contributed by atoms with van der Waals surface area (Å²) in [4.78, 5) is 12.0. The fourth-order valence-electron chi connectivity index (χ4n) is 1.22. The molecule has 82 valence electrons. The number of halogens is 1. The van der Waals surface area contributed by atoms with Gasteiger partial charge in [0.15, 0.2) is 0 Å². The van der Waals surface area contributed by atoms with E-state index in [-0.39, 0.29) is 0 Å². The van der Waals surface area contributed by atoms with E-state index in [9.17, 15) is 4.79 Å². The minimum atomic E-state index is -0.391. The van der Waals surface area contributed by atoms with E-state index >= 15 is 0 Å². The maximum Gasteiger partial charge on any atom is 0.252 e. The van der Waals surface area contributed by atoms with Gasteiger partial charge in [0.1, 0.15) is 0 Å². The number of thioether (sulfide) groups is 1. The molecular weight excluding hydrogens is 228 g/mol. The Hall–Kier alpha value is -0.470. The van der Waals surface area contributed by atoms with Gasteiger partial charge in [-0.25, -0.2) is 0 Å². The first-order valence-corrected chi connectivity index (χ1v) is 6.53. The van der Waals surface area contributed by atoms with E-state index in [1.54, 1.807) is 12.1 Å². The van der Waals surface area contributed by atoms with Crippen molar-refractivity contribution in [2.24, 2.45) is 0 Å². The molecular formula is C12H15ClOS. The van der Waals surface area contributed by atoms with Crippen molar-refractivity contribution in [3.63, 3.8) is 0 Å². The lowest BCUT2D eigenvalue weighted by atomic mass is 10.2. The van der Waals surface area contributed by atoms with Crippen molar-refractivity contribution in [2.45, 2.75) is 31.1 Å². The van der Waals surface area contributed by atoms with Crippen molar-refractivity contribution in [3.8, 4) is 0 Å².